The minimum absolute atomic E-state index is 0.341. The molecule has 1 N–H and O–H groups in total. The Labute approximate surface area is 89.2 Å². The van der Waals surface area contributed by atoms with Crippen LogP contribution in [0, 0.1) is 0 Å². The van der Waals surface area contributed by atoms with E-state index < -0.39 is 0 Å². The average molecular weight is 261 g/mol. The molecule has 13 heavy (non-hydrogen) atoms. The molecule has 0 saturated heterocycles. The summed E-state index contributed by atoms with van der Waals surface area (Å²) >= 11 is 0.637. The SMILES string of the molecule is OCCC[Se]SCc1ccccc1. The second kappa shape index (κ2) is 7.45. The zero-order valence-electron chi connectivity index (χ0n) is 7.48. The van der Waals surface area contributed by atoms with Crippen molar-refractivity contribution in [2.75, 3.05) is 6.61 Å². The number of hydrogen-bond acceptors (Lipinski definition) is 2. The molecule has 0 unspecified atom stereocenters. The monoisotopic (exact) mass is 262 g/mol. The van der Waals surface area contributed by atoms with Gasteiger partial charge in [0.1, 0.15) is 0 Å². The molecule has 3 heteroatoms. The van der Waals surface area contributed by atoms with Crippen molar-refractivity contribution in [2.24, 2.45) is 0 Å². The average Bonchev–Trinajstić information content (AvgIpc) is 2.19. The van der Waals surface area contributed by atoms with E-state index in [1.54, 1.807) is 0 Å². The topological polar surface area (TPSA) is 20.2 Å². The van der Waals surface area contributed by atoms with Crippen LogP contribution < -0.4 is 0 Å². The van der Waals surface area contributed by atoms with Gasteiger partial charge in [-0.05, 0) is 0 Å². The fourth-order valence-electron chi connectivity index (χ4n) is 0.866. The number of benzene rings is 1. The van der Waals surface area contributed by atoms with Crippen LogP contribution in [0.2, 0.25) is 5.32 Å². The summed E-state index contributed by atoms with van der Waals surface area (Å²) in [6, 6.07) is 10.5. The van der Waals surface area contributed by atoms with Crippen LogP contribution in [-0.4, -0.2) is 25.5 Å². The van der Waals surface area contributed by atoms with Gasteiger partial charge >= 0.3 is 89.1 Å². The predicted octanol–water partition coefficient (Wildman–Crippen LogP) is 2.34. The third kappa shape index (κ3) is 5.37. The fraction of sp³-hybridized carbons (Fsp3) is 0.400. The number of aliphatic hydroxyl groups excluding tert-OH is 1. The number of aliphatic hydroxyl groups is 1. The van der Waals surface area contributed by atoms with Crippen LogP contribution in [0.4, 0.5) is 0 Å². The summed E-state index contributed by atoms with van der Waals surface area (Å²) < 4.78 is 0. The fourth-order valence-corrected chi connectivity index (χ4v) is 4.65. The van der Waals surface area contributed by atoms with Gasteiger partial charge < -0.3 is 0 Å². The Balaban J connectivity index is 2.07. The quantitative estimate of drug-likeness (QED) is 0.626. The van der Waals surface area contributed by atoms with E-state index in [2.05, 4.69) is 24.3 Å². The summed E-state index contributed by atoms with van der Waals surface area (Å²) in [5.74, 6) is 1.12. The molecule has 0 aliphatic rings. The van der Waals surface area contributed by atoms with E-state index in [9.17, 15) is 0 Å². The predicted molar refractivity (Wildman–Crippen MR) is 60.0 cm³/mol. The second-order valence-electron chi connectivity index (χ2n) is 2.65. The molecule has 0 aromatic heterocycles. The van der Waals surface area contributed by atoms with Gasteiger partial charge in [-0.2, -0.15) is 0 Å². The molecular formula is C10H14OSSe. The summed E-state index contributed by atoms with van der Waals surface area (Å²) in [6.45, 7) is 0.341. The Hall–Kier alpha value is 0.0495. The van der Waals surface area contributed by atoms with E-state index in [-0.39, 0.29) is 0 Å². The van der Waals surface area contributed by atoms with E-state index in [0.717, 1.165) is 12.2 Å². The molecule has 0 aliphatic carbocycles. The van der Waals surface area contributed by atoms with Crippen molar-refractivity contribution >= 4 is 24.0 Å². The van der Waals surface area contributed by atoms with E-state index in [4.69, 9.17) is 5.11 Å². The van der Waals surface area contributed by atoms with Crippen molar-refractivity contribution in [3.05, 3.63) is 35.9 Å². The van der Waals surface area contributed by atoms with Crippen molar-refractivity contribution in [1.29, 1.82) is 0 Å². The van der Waals surface area contributed by atoms with Crippen LogP contribution in [-0.2, 0) is 5.75 Å². The van der Waals surface area contributed by atoms with Crippen molar-refractivity contribution in [1.82, 2.24) is 0 Å². The van der Waals surface area contributed by atoms with Gasteiger partial charge in [0.2, 0.25) is 0 Å². The molecule has 0 fully saturated rings. The molecule has 0 spiro atoms. The zero-order valence-corrected chi connectivity index (χ0v) is 10.0. The Morgan fingerprint density at radius 2 is 2.00 bits per heavy atom. The Morgan fingerprint density at radius 3 is 2.69 bits per heavy atom. The maximum absolute atomic E-state index is 8.58. The van der Waals surface area contributed by atoms with Gasteiger partial charge in [0, 0.05) is 0 Å². The first-order valence-corrected chi connectivity index (χ1v) is 8.54. The van der Waals surface area contributed by atoms with Crippen molar-refractivity contribution in [2.45, 2.75) is 17.5 Å². The molecule has 1 aromatic rings. The maximum atomic E-state index is 8.58. The number of rotatable bonds is 6. The standard InChI is InChI=1S/C10H14OSSe/c11-7-4-8-13-12-9-10-5-2-1-3-6-10/h1-3,5-6,11H,4,7-9H2. The Morgan fingerprint density at radius 1 is 1.23 bits per heavy atom. The third-order valence-corrected chi connectivity index (χ3v) is 5.77. The summed E-state index contributed by atoms with van der Waals surface area (Å²) in [4.78, 5) is 0. The normalized spacial score (nSPS) is 10.2. The van der Waals surface area contributed by atoms with E-state index in [1.165, 1.54) is 10.9 Å². The molecule has 0 saturated carbocycles. The van der Waals surface area contributed by atoms with E-state index in [0.29, 0.717) is 20.4 Å². The van der Waals surface area contributed by atoms with Crippen molar-refractivity contribution in [3.8, 4) is 0 Å². The Bertz CT molecular complexity index is 215. The van der Waals surface area contributed by atoms with Gasteiger partial charge in [0.15, 0.2) is 0 Å². The van der Waals surface area contributed by atoms with Crippen LogP contribution >= 0.6 is 10.2 Å². The molecular weight excluding hydrogens is 247 g/mol. The summed E-state index contributed by atoms with van der Waals surface area (Å²) in [6.07, 6.45) is 0.960. The van der Waals surface area contributed by atoms with E-state index >= 15 is 0 Å². The van der Waals surface area contributed by atoms with Gasteiger partial charge in [0.05, 0.1) is 0 Å². The van der Waals surface area contributed by atoms with Gasteiger partial charge in [-0.15, -0.1) is 0 Å². The summed E-state index contributed by atoms with van der Waals surface area (Å²) in [5.41, 5.74) is 1.40. The van der Waals surface area contributed by atoms with Gasteiger partial charge in [-0.1, -0.05) is 0 Å². The molecule has 0 bridgehead atoms. The van der Waals surface area contributed by atoms with Crippen molar-refractivity contribution in [3.63, 3.8) is 0 Å². The van der Waals surface area contributed by atoms with Crippen LogP contribution in [0.25, 0.3) is 0 Å². The first-order chi connectivity index (χ1) is 6.43. The number of hydrogen-bond donors (Lipinski definition) is 1. The van der Waals surface area contributed by atoms with Gasteiger partial charge in [-0.25, -0.2) is 0 Å². The molecule has 0 atom stereocenters. The molecule has 1 aromatic carbocycles. The van der Waals surface area contributed by atoms with Crippen LogP contribution in [0.1, 0.15) is 12.0 Å². The first kappa shape index (κ1) is 11.1. The second-order valence-corrected chi connectivity index (χ2v) is 7.23. The molecule has 1 rings (SSSR count). The van der Waals surface area contributed by atoms with Crippen LogP contribution in [0.5, 0.6) is 0 Å². The molecule has 0 aliphatic heterocycles. The summed E-state index contributed by atoms with van der Waals surface area (Å²) in [7, 11) is 2.00. The van der Waals surface area contributed by atoms with Gasteiger partial charge in [0.25, 0.3) is 0 Å². The third-order valence-electron chi connectivity index (χ3n) is 1.54. The van der Waals surface area contributed by atoms with E-state index in [1.807, 2.05) is 16.2 Å². The van der Waals surface area contributed by atoms with Crippen molar-refractivity contribution < 1.29 is 5.11 Å². The summed E-state index contributed by atoms with van der Waals surface area (Å²) in [5, 5.41) is 9.76. The molecule has 0 radical (unpaired) electrons. The van der Waals surface area contributed by atoms with Crippen LogP contribution in [0.15, 0.2) is 30.3 Å². The molecule has 72 valence electrons. The molecule has 1 nitrogen and oxygen atoms in total. The molecule has 0 heterocycles. The Kier molecular flexibility index (Phi) is 6.38. The first-order valence-electron chi connectivity index (χ1n) is 4.32. The van der Waals surface area contributed by atoms with Crippen LogP contribution in [0.3, 0.4) is 0 Å². The zero-order chi connectivity index (χ0) is 9.36. The van der Waals surface area contributed by atoms with Gasteiger partial charge in [-0.3, -0.25) is 0 Å². The minimum atomic E-state index is 0.341. The molecule has 0 amide bonds.